The van der Waals surface area contributed by atoms with Gasteiger partial charge in [-0.1, -0.05) is 26.3 Å². The van der Waals surface area contributed by atoms with Gasteiger partial charge in [-0.15, -0.1) is 0 Å². The van der Waals surface area contributed by atoms with E-state index < -0.39 is 119 Å². The number of esters is 4. The molecule has 0 heterocycles. The van der Waals surface area contributed by atoms with Gasteiger partial charge < -0.3 is 58.7 Å². The molecule has 0 aliphatic rings. The number of aliphatic hydroxyl groups is 5. The Morgan fingerprint density at radius 3 is 1.26 bits per heavy atom. The minimum Gasteiger partial charge on any atom is -0.460 e. The number of carbonyl (C=O) groups excluding carboxylic acids is 4. The van der Waals surface area contributed by atoms with Gasteiger partial charge >= 0.3 is 23.9 Å². The lowest BCUT2D eigenvalue weighted by atomic mass is 10.0. The predicted octanol–water partition coefficient (Wildman–Crippen LogP) is -0.945. The highest BCUT2D eigenvalue weighted by atomic mass is 16.6. The maximum atomic E-state index is 12.4. The van der Waals surface area contributed by atoms with Gasteiger partial charge in [0.25, 0.3) is 0 Å². The SMILES string of the molecule is C=C(C)C(=O)OCC(O)COCC(O)C(OC(=O)C(=C)C)C(O)C(COCC(O)COC(=O)C(=C)C)OCC(O)COC(=O)C(=C)C. The normalized spacial score (nSPS) is 15.5. The van der Waals surface area contributed by atoms with Gasteiger partial charge in [0, 0.05) is 22.3 Å². The van der Waals surface area contributed by atoms with Gasteiger partial charge in [0.1, 0.15) is 56.4 Å². The molecule has 7 unspecified atom stereocenters. The number of hydrogen-bond donors (Lipinski definition) is 5. The highest BCUT2D eigenvalue weighted by Crippen LogP contribution is 2.16. The first-order valence-corrected chi connectivity index (χ1v) is 14.4. The maximum absolute atomic E-state index is 12.4. The predicted molar refractivity (Wildman–Crippen MR) is 163 cm³/mol. The first kappa shape index (κ1) is 43.5. The van der Waals surface area contributed by atoms with E-state index in [-0.39, 0.29) is 22.3 Å². The van der Waals surface area contributed by atoms with E-state index in [2.05, 4.69) is 26.3 Å². The average molecular weight is 677 g/mol. The summed E-state index contributed by atoms with van der Waals surface area (Å²) < 4.78 is 36.1. The van der Waals surface area contributed by atoms with Gasteiger partial charge in [-0.3, -0.25) is 0 Å². The molecule has 0 aromatic rings. The molecule has 0 aliphatic carbocycles. The van der Waals surface area contributed by atoms with Crippen molar-refractivity contribution in [3.05, 3.63) is 48.6 Å². The van der Waals surface area contributed by atoms with Crippen molar-refractivity contribution in [2.24, 2.45) is 0 Å². The summed E-state index contributed by atoms with van der Waals surface area (Å²) in [4.78, 5) is 47.1. The zero-order valence-corrected chi connectivity index (χ0v) is 27.3. The van der Waals surface area contributed by atoms with Gasteiger partial charge in [-0.25, -0.2) is 19.2 Å². The van der Waals surface area contributed by atoms with Gasteiger partial charge in [0.15, 0.2) is 6.10 Å². The summed E-state index contributed by atoms with van der Waals surface area (Å²) in [7, 11) is 0. The Morgan fingerprint density at radius 1 is 0.511 bits per heavy atom. The van der Waals surface area contributed by atoms with E-state index in [1.807, 2.05) is 0 Å². The Bertz CT molecular complexity index is 1090. The van der Waals surface area contributed by atoms with Crippen LogP contribution in [-0.2, 0) is 52.3 Å². The Morgan fingerprint density at radius 2 is 0.872 bits per heavy atom. The summed E-state index contributed by atoms with van der Waals surface area (Å²) in [6, 6.07) is 0. The monoisotopic (exact) mass is 676 g/mol. The second-order valence-electron chi connectivity index (χ2n) is 10.8. The average Bonchev–Trinajstić information content (AvgIpc) is 3.00. The Kier molecular flexibility index (Phi) is 21.2. The van der Waals surface area contributed by atoms with Crippen LogP contribution in [0.15, 0.2) is 48.6 Å². The molecule has 0 fully saturated rings. The van der Waals surface area contributed by atoms with E-state index in [0.29, 0.717) is 0 Å². The molecule has 0 aliphatic heterocycles. The van der Waals surface area contributed by atoms with Crippen molar-refractivity contribution in [1.82, 2.24) is 0 Å². The minimum atomic E-state index is -1.87. The van der Waals surface area contributed by atoms with Crippen LogP contribution in [0, 0.1) is 0 Å². The van der Waals surface area contributed by atoms with Gasteiger partial charge in [0.05, 0.1) is 33.0 Å². The van der Waals surface area contributed by atoms with Crippen LogP contribution in [0.25, 0.3) is 0 Å². The molecule has 16 nitrogen and oxygen atoms in total. The summed E-state index contributed by atoms with van der Waals surface area (Å²) in [5.74, 6) is -3.23. The summed E-state index contributed by atoms with van der Waals surface area (Å²) in [5.41, 5.74) is 0.236. The summed E-state index contributed by atoms with van der Waals surface area (Å²) >= 11 is 0. The Hall–Kier alpha value is -3.48. The quantitative estimate of drug-likeness (QED) is 0.0446. The van der Waals surface area contributed by atoms with E-state index in [1.165, 1.54) is 27.7 Å². The minimum absolute atomic E-state index is 0.0824. The molecule has 16 heteroatoms. The van der Waals surface area contributed by atoms with Crippen molar-refractivity contribution in [2.75, 3.05) is 52.9 Å². The number of carbonyl (C=O) groups is 4. The molecule has 5 N–H and O–H groups in total. The van der Waals surface area contributed by atoms with Crippen molar-refractivity contribution in [3.63, 3.8) is 0 Å². The molecule has 7 atom stereocenters. The van der Waals surface area contributed by atoms with E-state index in [9.17, 15) is 44.7 Å². The molecule has 0 saturated carbocycles. The maximum Gasteiger partial charge on any atom is 0.333 e. The second kappa shape index (κ2) is 22.9. The van der Waals surface area contributed by atoms with Crippen LogP contribution in [-0.4, -0.2) is 145 Å². The molecule has 268 valence electrons. The number of ether oxygens (including phenoxy) is 7. The van der Waals surface area contributed by atoms with Gasteiger partial charge in [-0.2, -0.15) is 0 Å². The molecule has 0 aromatic carbocycles. The number of hydrogen-bond acceptors (Lipinski definition) is 16. The van der Waals surface area contributed by atoms with E-state index in [4.69, 9.17) is 33.2 Å². The zero-order chi connectivity index (χ0) is 36.3. The van der Waals surface area contributed by atoms with Crippen molar-refractivity contribution in [1.29, 1.82) is 0 Å². The largest absolute Gasteiger partial charge is 0.460 e. The Labute approximate surface area is 273 Å². The lowest BCUT2D eigenvalue weighted by molar-refractivity contribution is -0.187. The molecule has 47 heavy (non-hydrogen) atoms. The highest BCUT2D eigenvalue weighted by Gasteiger charge is 2.38. The van der Waals surface area contributed by atoms with Crippen LogP contribution >= 0.6 is 0 Å². The molecule has 0 amide bonds. The highest BCUT2D eigenvalue weighted by molar-refractivity contribution is 5.88. The fraction of sp³-hybridized carbons (Fsp3) is 0.613. The number of aliphatic hydroxyl groups excluding tert-OH is 5. The third-order valence-corrected chi connectivity index (χ3v) is 5.65. The van der Waals surface area contributed by atoms with E-state index in [0.717, 1.165) is 0 Å². The van der Waals surface area contributed by atoms with Crippen LogP contribution in [0.1, 0.15) is 27.7 Å². The van der Waals surface area contributed by atoms with Crippen molar-refractivity contribution in [2.45, 2.75) is 70.4 Å². The molecule has 0 aromatic heterocycles. The third-order valence-electron chi connectivity index (χ3n) is 5.65. The van der Waals surface area contributed by atoms with Gasteiger partial charge in [-0.05, 0) is 27.7 Å². The summed E-state index contributed by atoms with van der Waals surface area (Å²) in [5, 5.41) is 52.4. The molecule has 0 radical (unpaired) electrons. The Balaban J connectivity index is 5.67. The molecular weight excluding hydrogens is 628 g/mol. The van der Waals surface area contributed by atoms with Crippen LogP contribution in [0.5, 0.6) is 0 Å². The van der Waals surface area contributed by atoms with Crippen molar-refractivity contribution < 1.29 is 77.9 Å². The molecule has 0 spiro atoms. The topological polar surface area (TPSA) is 234 Å². The van der Waals surface area contributed by atoms with Crippen molar-refractivity contribution in [3.8, 4) is 0 Å². The van der Waals surface area contributed by atoms with Crippen molar-refractivity contribution >= 4 is 23.9 Å². The third kappa shape index (κ3) is 19.1. The fourth-order valence-corrected chi connectivity index (χ4v) is 3.06. The lowest BCUT2D eigenvalue weighted by Gasteiger charge is -2.33. The standard InChI is InChI=1S/C31H48O16/c1-17(2)28(37)44-12-21(32)9-41-15-24(35)27(47-31(40)20(7)8)26(36)25(43-11-23(34)14-46-30(39)19(5)6)16-42-10-22(33)13-45-29(38)18(3)4/h21-27,32-36H,1,3,5,7,9-16H2,2,4,6,8H3. The zero-order valence-electron chi connectivity index (χ0n) is 27.3. The molecular formula is C31H48O16. The summed E-state index contributed by atoms with van der Waals surface area (Å²) in [6.07, 6.45) is -10.8. The number of rotatable bonds is 25. The lowest BCUT2D eigenvalue weighted by Crippen LogP contribution is -2.51. The first-order chi connectivity index (χ1) is 21.9. The van der Waals surface area contributed by atoms with Crippen LogP contribution < -0.4 is 0 Å². The molecule has 0 rings (SSSR count). The summed E-state index contributed by atoms with van der Waals surface area (Å²) in [6.45, 7) is 15.4. The van der Waals surface area contributed by atoms with Gasteiger partial charge in [0.2, 0.25) is 0 Å². The molecule has 0 saturated heterocycles. The molecule has 0 bridgehead atoms. The second-order valence-corrected chi connectivity index (χ2v) is 10.8. The van der Waals surface area contributed by atoms with E-state index in [1.54, 1.807) is 0 Å². The fourth-order valence-electron chi connectivity index (χ4n) is 3.06. The van der Waals surface area contributed by atoms with Crippen LogP contribution in [0.4, 0.5) is 0 Å². The van der Waals surface area contributed by atoms with E-state index >= 15 is 0 Å². The smallest absolute Gasteiger partial charge is 0.333 e. The van der Waals surface area contributed by atoms with Crippen LogP contribution in [0.2, 0.25) is 0 Å². The first-order valence-electron chi connectivity index (χ1n) is 14.4. The van der Waals surface area contributed by atoms with Crippen LogP contribution in [0.3, 0.4) is 0 Å².